The van der Waals surface area contributed by atoms with Gasteiger partial charge in [0.05, 0.1) is 5.01 Å². The Morgan fingerprint density at radius 2 is 2.35 bits per heavy atom. The molecule has 1 aliphatic heterocycles. The number of rotatable bonds is 5. The Bertz CT molecular complexity index is 745. The molecule has 2 N–H and O–H groups in total. The normalized spacial score (nSPS) is 18.0. The van der Waals surface area contributed by atoms with Crippen LogP contribution < -0.4 is 15.5 Å². The zero-order valence-electron chi connectivity index (χ0n) is 15.3. The number of hydrogen-bond acceptors (Lipinski definition) is 4. The van der Waals surface area contributed by atoms with Gasteiger partial charge < -0.3 is 15.5 Å². The number of aliphatic imine (C=N–C) groups is 1. The molecule has 1 aliphatic rings. The second-order valence-electron chi connectivity index (χ2n) is 6.52. The van der Waals surface area contributed by atoms with Gasteiger partial charge in [-0.25, -0.2) is 9.37 Å². The van der Waals surface area contributed by atoms with Crippen molar-refractivity contribution in [1.29, 1.82) is 0 Å². The third-order valence-corrected chi connectivity index (χ3v) is 5.43. The summed E-state index contributed by atoms with van der Waals surface area (Å²) in [5, 5.41) is 8.00. The van der Waals surface area contributed by atoms with E-state index in [0.717, 1.165) is 55.6 Å². The highest BCUT2D eigenvalue weighted by Gasteiger charge is 2.21. The first-order valence-corrected chi connectivity index (χ1v) is 9.84. The molecule has 1 saturated heterocycles. The molecule has 3 rings (SSSR count). The molecule has 26 heavy (non-hydrogen) atoms. The molecule has 140 valence electrons. The topological polar surface area (TPSA) is 52.6 Å². The lowest BCUT2D eigenvalue weighted by atomic mass is 10.0. The monoisotopic (exact) mass is 375 g/mol. The quantitative estimate of drug-likeness (QED) is 0.623. The number of nitrogens with zero attached hydrogens (tertiary/aromatic N) is 3. The molecule has 0 saturated carbocycles. The molecular formula is C19H26FN5S. The first-order chi connectivity index (χ1) is 12.6. The Balaban J connectivity index is 1.49. The molecule has 2 heterocycles. The molecule has 5 nitrogen and oxygen atoms in total. The molecule has 1 aromatic carbocycles. The zero-order chi connectivity index (χ0) is 18.4. The number of nitrogens with one attached hydrogen (secondary N) is 2. The summed E-state index contributed by atoms with van der Waals surface area (Å²) in [5.74, 6) is 0.622. The van der Waals surface area contributed by atoms with Gasteiger partial charge in [0, 0.05) is 55.9 Å². The van der Waals surface area contributed by atoms with E-state index in [1.165, 1.54) is 10.9 Å². The summed E-state index contributed by atoms with van der Waals surface area (Å²) in [7, 11) is 1.79. The molecule has 0 radical (unpaired) electrons. The van der Waals surface area contributed by atoms with Crippen molar-refractivity contribution >= 4 is 23.0 Å². The number of hydrogen-bond donors (Lipinski definition) is 2. The van der Waals surface area contributed by atoms with Crippen LogP contribution in [-0.4, -0.2) is 43.7 Å². The predicted molar refractivity (Wildman–Crippen MR) is 107 cm³/mol. The Kier molecular flexibility index (Phi) is 6.44. The maximum absolute atomic E-state index is 13.5. The van der Waals surface area contributed by atoms with Gasteiger partial charge in [0.1, 0.15) is 5.82 Å². The Morgan fingerprint density at radius 1 is 1.46 bits per heavy atom. The van der Waals surface area contributed by atoms with Gasteiger partial charge in [0.2, 0.25) is 0 Å². The van der Waals surface area contributed by atoms with Crippen LogP contribution >= 0.6 is 11.3 Å². The van der Waals surface area contributed by atoms with Crippen LogP contribution in [0, 0.1) is 12.7 Å². The number of aromatic nitrogens is 1. The zero-order valence-corrected chi connectivity index (χ0v) is 16.2. The van der Waals surface area contributed by atoms with Crippen molar-refractivity contribution in [1.82, 2.24) is 15.6 Å². The van der Waals surface area contributed by atoms with Crippen molar-refractivity contribution in [3.8, 4) is 0 Å². The maximum atomic E-state index is 13.5. The summed E-state index contributed by atoms with van der Waals surface area (Å²) in [4.78, 5) is 12.2. The molecular weight excluding hydrogens is 349 g/mol. The number of thiazole rings is 1. The number of benzene rings is 1. The van der Waals surface area contributed by atoms with E-state index in [9.17, 15) is 4.39 Å². The fourth-order valence-electron chi connectivity index (χ4n) is 3.20. The number of anilines is 1. The van der Waals surface area contributed by atoms with Gasteiger partial charge in [-0.05, 0) is 38.0 Å². The van der Waals surface area contributed by atoms with Crippen molar-refractivity contribution in [2.75, 3.05) is 31.6 Å². The SMILES string of the molecule is CN=C(NCCc1ncc(C)s1)NC1CCCN(c2cccc(F)c2)C1. The van der Waals surface area contributed by atoms with Crippen molar-refractivity contribution < 1.29 is 4.39 Å². The molecule has 1 fully saturated rings. The van der Waals surface area contributed by atoms with Crippen molar-refractivity contribution in [3.63, 3.8) is 0 Å². The highest BCUT2D eigenvalue weighted by Crippen LogP contribution is 2.20. The standard InChI is InChI=1S/C19H26FN5S/c1-14-12-23-18(26-14)8-9-22-19(21-2)24-16-6-4-10-25(13-16)17-7-3-5-15(20)11-17/h3,5,7,11-12,16H,4,6,8-10,13H2,1-2H3,(H2,21,22,24). The summed E-state index contributed by atoms with van der Waals surface area (Å²) >= 11 is 1.73. The molecule has 1 atom stereocenters. The molecule has 0 spiro atoms. The van der Waals surface area contributed by atoms with Gasteiger partial charge in [-0.3, -0.25) is 4.99 Å². The minimum absolute atomic E-state index is 0.188. The van der Waals surface area contributed by atoms with Gasteiger partial charge in [0.25, 0.3) is 0 Å². The van der Waals surface area contributed by atoms with Crippen LogP contribution in [0.4, 0.5) is 10.1 Å². The molecule has 0 bridgehead atoms. The van der Waals surface area contributed by atoms with Crippen LogP contribution in [0.15, 0.2) is 35.5 Å². The number of guanidine groups is 1. The van der Waals surface area contributed by atoms with Crippen LogP contribution in [0.2, 0.25) is 0 Å². The highest BCUT2D eigenvalue weighted by molar-refractivity contribution is 7.11. The largest absolute Gasteiger partial charge is 0.369 e. The van der Waals surface area contributed by atoms with E-state index >= 15 is 0 Å². The fourth-order valence-corrected chi connectivity index (χ4v) is 3.98. The summed E-state index contributed by atoms with van der Waals surface area (Å²) in [5.41, 5.74) is 0.943. The minimum atomic E-state index is -0.188. The second-order valence-corrected chi connectivity index (χ2v) is 7.84. The lowest BCUT2D eigenvalue weighted by Crippen LogP contribution is -2.51. The van der Waals surface area contributed by atoms with Crippen molar-refractivity contribution in [3.05, 3.63) is 46.2 Å². The van der Waals surface area contributed by atoms with E-state index in [2.05, 4.69) is 32.4 Å². The third kappa shape index (κ3) is 5.17. The lowest BCUT2D eigenvalue weighted by Gasteiger charge is -2.35. The van der Waals surface area contributed by atoms with Crippen LogP contribution in [0.25, 0.3) is 0 Å². The van der Waals surface area contributed by atoms with Gasteiger partial charge in [0.15, 0.2) is 5.96 Å². The summed E-state index contributed by atoms with van der Waals surface area (Å²) in [6.45, 7) is 4.67. The Hall–Kier alpha value is -2.15. The van der Waals surface area contributed by atoms with E-state index in [-0.39, 0.29) is 5.82 Å². The van der Waals surface area contributed by atoms with Crippen LogP contribution in [0.1, 0.15) is 22.7 Å². The van der Waals surface area contributed by atoms with E-state index in [0.29, 0.717) is 6.04 Å². The smallest absolute Gasteiger partial charge is 0.191 e. The highest BCUT2D eigenvalue weighted by atomic mass is 32.1. The van der Waals surface area contributed by atoms with Crippen LogP contribution in [-0.2, 0) is 6.42 Å². The number of piperidine rings is 1. The van der Waals surface area contributed by atoms with Crippen LogP contribution in [0.5, 0.6) is 0 Å². The van der Waals surface area contributed by atoms with Gasteiger partial charge in [-0.2, -0.15) is 0 Å². The van der Waals surface area contributed by atoms with Gasteiger partial charge in [-0.15, -0.1) is 11.3 Å². The molecule has 7 heteroatoms. The number of aryl methyl sites for hydroxylation is 1. The molecule has 1 unspecified atom stereocenters. The van der Waals surface area contributed by atoms with Crippen LogP contribution in [0.3, 0.4) is 0 Å². The molecule has 0 aliphatic carbocycles. The van der Waals surface area contributed by atoms with Crippen molar-refractivity contribution in [2.24, 2.45) is 4.99 Å². The third-order valence-electron chi connectivity index (χ3n) is 4.46. The molecule has 2 aromatic rings. The maximum Gasteiger partial charge on any atom is 0.191 e. The number of halogens is 1. The average molecular weight is 376 g/mol. The fraction of sp³-hybridized carbons (Fsp3) is 0.474. The molecule has 0 amide bonds. The molecule has 1 aromatic heterocycles. The van der Waals surface area contributed by atoms with Crippen molar-refractivity contribution in [2.45, 2.75) is 32.2 Å². The first-order valence-electron chi connectivity index (χ1n) is 9.03. The summed E-state index contributed by atoms with van der Waals surface area (Å²) in [6, 6.07) is 7.11. The van der Waals surface area contributed by atoms with Gasteiger partial charge in [-0.1, -0.05) is 6.07 Å². The predicted octanol–water partition coefficient (Wildman–Crippen LogP) is 2.97. The van der Waals surface area contributed by atoms with E-state index < -0.39 is 0 Å². The van der Waals surface area contributed by atoms with Gasteiger partial charge >= 0.3 is 0 Å². The van der Waals surface area contributed by atoms with E-state index in [4.69, 9.17) is 0 Å². The summed E-state index contributed by atoms with van der Waals surface area (Å²) in [6.07, 6.45) is 4.96. The summed E-state index contributed by atoms with van der Waals surface area (Å²) < 4.78 is 13.5. The Labute approximate surface area is 158 Å². The minimum Gasteiger partial charge on any atom is -0.369 e. The first kappa shape index (κ1) is 18.6. The van der Waals surface area contributed by atoms with E-state index in [1.54, 1.807) is 30.5 Å². The lowest BCUT2D eigenvalue weighted by molar-refractivity contribution is 0.467. The second kappa shape index (κ2) is 8.98. The van der Waals surface area contributed by atoms with E-state index in [1.807, 2.05) is 12.3 Å². The Morgan fingerprint density at radius 3 is 3.08 bits per heavy atom. The average Bonchev–Trinajstić information content (AvgIpc) is 3.06.